The topological polar surface area (TPSA) is 9.86 Å². The van der Waals surface area contributed by atoms with Crippen LogP contribution in [0.2, 0.25) is 0 Å². The summed E-state index contributed by atoms with van der Waals surface area (Å²) in [6.45, 7) is 0. The monoisotopic (exact) mass is 640 g/mol. The molecule has 10 aromatic rings. The van der Waals surface area contributed by atoms with E-state index in [1.807, 2.05) is 65.2 Å². The van der Waals surface area contributed by atoms with E-state index in [0.717, 1.165) is 49.7 Å². The van der Waals surface area contributed by atoms with Gasteiger partial charge in [0, 0.05) is 32.9 Å². The van der Waals surface area contributed by atoms with E-state index in [1.54, 1.807) is 0 Å². The van der Waals surface area contributed by atoms with Crippen LogP contribution in [0, 0.1) is 0 Å². The lowest BCUT2D eigenvalue weighted by molar-refractivity contribution is 1.18. The van der Waals surface area contributed by atoms with Crippen molar-refractivity contribution in [2.75, 3.05) is 0 Å². The first-order chi connectivity index (χ1) is 26.5. The summed E-state index contributed by atoms with van der Waals surface area (Å²) in [5.74, 6) is 0. The van der Waals surface area contributed by atoms with Crippen molar-refractivity contribution in [1.82, 2.24) is 9.13 Å². The van der Waals surface area contributed by atoms with E-state index in [9.17, 15) is 0 Å². The van der Waals surface area contributed by atoms with E-state index in [4.69, 9.17) is 5.48 Å². The van der Waals surface area contributed by atoms with Gasteiger partial charge < -0.3 is 9.13 Å². The largest absolute Gasteiger partial charge is 0.309 e. The molecule has 0 aliphatic heterocycles. The van der Waals surface area contributed by atoms with Crippen LogP contribution in [0.1, 0.15) is 5.48 Å². The van der Waals surface area contributed by atoms with Crippen molar-refractivity contribution < 1.29 is 5.48 Å². The Morgan fingerprint density at radius 1 is 0.280 bits per heavy atom. The van der Waals surface area contributed by atoms with E-state index in [2.05, 4.69) is 114 Å². The number of nitrogens with zero attached hydrogens (tertiary/aromatic N) is 2. The minimum atomic E-state index is -0.0712. The maximum Gasteiger partial charge on any atom is 0.0645 e. The molecular formula is C48H32N2. The van der Waals surface area contributed by atoms with E-state index in [0.29, 0.717) is 11.1 Å². The first kappa shape index (κ1) is 24.5. The minimum Gasteiger partial charge on any atom is -0.309 e. The normalized spacial score (nSPS) is 12.7. The molecule has 234 valence electrons. The van der Waals surface area contributed by atoms with Gasteiger partial charge in [-0.2, -0.15) is 0 Å². The molecule has 0 atom stereocenters. The Morgan fingerprint density at radius 3 is 1.22 bits per heavy atom. The van der Waals surface area contributed by atoms with Gasteiger partial charge in [0.1, 0.15) is 0 Å². The molecule has 0 N–H and O–H groups in total. The number of para-hydroxylation sites is 2. The molecule has 0 fully saturated rings. The summed E-state index contributed by atoms with van der Waals surface area (Å²) in [5.41, 5.74) is 10.8. The third-order valence-electron chi connectivity index (χ3n) is 9.81. The van der Waals surface area contributed by atoms with Gasteiger partial charge in [0.15, 0.2) is 0 Å². The quantitative estimate of drug-likeness (QED) is 0.177. The lowest BCUT2D eigenvalue weighted by atomic mass is 10.0. The Hall–Kier alpha value is -6.64. The molecule has 2 heteroatoms. The highest BCUT2D eigenvalue weighted by Crippen LogP contribution is 2.38. The molecule has 0 radical (unpaired) electrons. The zero-order valence-corrected chi connectivity index (χ0v) is 27.1. The average Bonchev–Trinajstić information content (AvgIpc) is 3.73. The van der Waals surface area contributed by atoms with E-state index >= 15 is 0 Å². The lowest BCUT2D eigenvalue weighted by Crippen LogP contribution is -1.94. The summed E-state index contributed by atoms with van der Waals surface area (Å²) in [6.07, 6.45) is 0. The third-order valence-corrected chi connectivity index (χ3v) is 9.81. The molecule has 2 nitrogen and oxygen atoms in total. The van der Waals surface area contributed by atoms with Gasteiger partial charge in [0.2, 0.25) is 0 Å². The van der Waals surface area contributed by atoms with Crippen LogP contribution in [0.25, 0.3) is 88.4 Å². The molecule has 50 heavy (non-hydrogen) atoms. The van der Waals surface area contributed by atoms with Crippen LogP contribution in [0.15, 0.2) is 194 Å². The molecule has 0 saturated carbocycles. The molecule has 10 rings (SSSR count). The van der Waals surface area contributed by atoms with Gasteiger partial charge in [-0.15, -0.1) is 0 Å². The number of hydrogen-bond acceptors (Lipinski definition) is 0. The highest BCUT2D eigenvalue weighted by atomic mass is 15.0. The van der Waals surface area contributed by atoms with E-state index < -0.39 is 0 Å². The highest BCUT2D eigenvalue weighted by molar-refractivity contribution is 6.12. The van der Waals surface area contributed by atoms with Crippen molar-refractivity contribution in [1.29, 1.82) is 0 Å². The van der Waals surface area contributed by atoms with Crippen molar-refractivity contribution in [2.24, 2.45) is 0 Å². The summed E-state index contributed by atoms with van der Waals surface area (Å²) in [5, 5.41) is 4.31. The fourth-order valence-corrected chi connectivity index (χ4v) is 7.42. The van der Waals surface area contributed by atoms with Crippen molar-refractivity contribution >= 4 is 43.6 Å². The number of aromatic nitrogens is 2. The summed E-state index contributed by atoms with van der Waals surface area (Å²) in [4.78, 5) is 0. The van der Waals surface area contributed by atoms with Crippen LogP contribution in [0.5, 0.6) is 0 Å². The smallest absolute Gasteiger partial charge is 0.0645 e. The highest BCUT2D eigenvalue weighted by Gasteiger charge is 2.16. The lowest BCUT2D eigenvalue weighted by Gasteiger charge is -2.11. The fourth-order valence-electron chi connectivity index (χ4n) is 7.42. The first-order valence-corrected chi connectivity index (χ1v) is 16.9. The maximum absolute atomic E-state index is 9.17. The van der Waals surface area contributed by atoms with Crippen molar-refractivity contribution in [3.05, 3.63) is 194 Å². The minimum absolute atomic E-state index is 0.0562. The van der Waals surface area contributed by atoms with Gasteiger partial charge in [-0.25, -0.2) is 0 Å². The van der Waals surface area contributed by atoms with Gasteiger partial charge in [0.25, 0.3) is 0 Å². The molecule has 2 aromatic heterocycles. The van der Waals surface area contributed by atoms with Gasteiger partial charge in [-0.3, -0.25) is 0 Å². The second-order valence-corrected chi connectivity index (χ2v) is 12.7. The van der Waals surface area contributed by atoms with Crippen LogP contribution < -0.4 is 0 Å². The number of benzene rings is 8. The SMILES string of the molecule is [2H]c1c([2H])c(-n2c3ccccc3c3cc(-c4ccc5c(c4)c4ccccc4n5-c4ccc(-c5ccccc5)cc4)ccc32)c([2H])c([2H])c1-c1ccccc1. The second kappa shape index (κ2) is 11.5. The molecule has 0 saturated heterocycles. The molecule has 0 amide bonds. The van der Waals surface area contributed by atoms with E-state index in [1.165, 1.54) is 21.9 Å². The van der Waals surface area contributed by atoms with Crippen molar-refractivity contribution in [2.45, 2.75) is 0 Å². The van der Waals surface area contributed by atoms with Crippen molar-refractivity contribution in [3.63, 3.8) is 0 Å². The standard InChI is InChI=1S/C48H32N2/c1-3-11-33(12-4-1)35-19-25-39(26-20-35)49-45-17-9-7-15-41(45)43-31-37(23-29-47(43)49)38-24-30-48-44(32-38)42-16-8-10-18-46(42)50(48)40-27-21-36(22-28-40)34-13-5-2-6-14-34/h1-32H/i19D,20D,25D,26D. The van der Waals surface area contributed by atoms with Crippen LogP contribution >= 0.6 is 0 Å². The Labute approximate surface area is 296 Å². The molecule has 0 aliphatic rings. The molecule has 2 heterocycles. The third kappa shape index (κ3) is 4.57. The van der Waals surface area contributed by atoms with Gasteiger partial charge >= 0.3 is 0 Å². The Morgan fingerprint density at radius 2 is 0.680 bits per heavy atom. The van der Waals surface area contributed by atoms with Crippen LogP contribution in [0.3, 0.4) is 0 Å². The zero-order valence-electron chi connectivity index (χ0n) is 31.1. The van der Waals surface area contributed by atoms with E-state index in [-0.39, 0.29) is 29.9 Å². The van der Waals surface area contributed by atoms with Crippen LogP contribution in [0.4, 0.5) is 0 Å². The van der Waals surface area contributed by atoms with Gasteiger partial charge in [-0.1, -0.05) is 133 Å². The Bertz CT molecular complexity index is 3040. The summed E-state index contributed by atoms with van der Waals surface area (Å²) in [6, 6.07) is 57.7. The molecule has 8 aromatic carbocycles. The van der Waals surface area contributed by atoms with Crippen LogP contribution in [-0.2, 0) is 0 Å². The van der Waals surface area contributed by atoms with Gasteiger partial charge in [-0.05, 0) is 94.0 Å². The Kier molecular flexibility index (Phi) is 5.64. The van der Waals surface area contributed by atoms with Gasteiger partial charge in [0.05, 0.1) is 27.5 Å². The zero-order chi connectivity index (χ0) is 36.5. The summed E-state index contributed by atoms with van der Waals surface area (Å²) < 4.78 is 40.6. The van der Waals surface area contributed by atoms with Crippen LogP contribution in [-0.4, -0.2) is 9.13 Å². The summed E-state index contributed by atoms with van der Waals surface area (Å²) >= 11 is 0. The Balaban J connectivity index is 1.12. The molecular weight excluding hydrogens is 605 g/mol. The number of fused-ring (bicyclic) bond motifs is 6. The fraction of sp³-hybridized carbons (Fsp3) is 0. The maximum atomic E-state index is 9.17. The molecule has 0 spiro atoms. The molecule has 0 aliphatic carbocycles. The van der Waals surface area contributed by atoms with Crippen molar-refractivity contribution in [3.8, 4) is 44.8 Å². The average molecular weight is 641 g/mol. The predicted molar refractivity (Wildman–Crippen MR) is 211 cm³/mol. The number of hydrogen-bond donors (Lipinski definition) is 0. The first-order valence-electron chi connectivity index (χ1n) is 18.9. The second-order valence-electron chi connectivity index (χ2n) is 12.7. The predicted octanol–water partition coefficient (Wildman–Crippen LogP) is 12.9. The molecule has 0 unspecified atom stereocenters. The summed E-state index contributed by atoms with van der Waals surface area (Å²) in [7, 11) is 0. The molecule has 0 bridgehead atoms. The number of rotatable bonds is 5.